The average molecular weight is 561 g/mol. The molecule has 8 heteroatoms. The highest BCUT2D eigenvalue weighted by Gasteiger charge is 2.80. The first kappa shape index (κ1) is 29.0. The number of aliphatic hydroxyl groups is 1. The molecule has 3 aliphatic heterocycles. The average Bonchev–Trinajstić information content (AvgIpc) is 3.47. The van der Waals surface area contributed by atoms with Crippen molar-refractivity contribution in [3.8, 4) is 0 Å². The molecule has 3 saturated heterocycles. The summed E-state index contributed by atoms with van der Waals surface area (Å²) < 4.78 is 12.4. The molecule has 2 amide bonds. The van der Waals surface area contributed by atoms with E-state index in [9.17, 15) is 19.5 Å². The highest BCUT2D eigenvalue weighted by Crippen LogP contribution is 2.65. The van der Waals surface area contributed by atoms with Crippen molar-refractivity contribution in [1.82, 2.24) is 4.90 Å². The molecular weight excluding hydrogens is 520 g/mol. The summed E-state index contributed by atoms with van der Waals surface area (Å²) in [7, 11) is 0. The summed E-state index contributed by atoms with van der Waals surface area (Å²) in [6, 6.07) is 12.9. The van der Waals surface area contributed by atoms with Crippen LogP contribution in [0.4, 0.5) is 5.69 Å². The Kier molecular flexibility index (Phi) is 8.08. The summed E-state index contributed by atoms with van der Waals surface area (Å²) >= 11 is 0. The first-order chi connectivity index (χ1) is 19.7. The Bertz CT molecular complexity index is 1360. The molecule has 0 radical (unpaired) electrons. The van der Waals surface area contributed by atoms with E-state index in [0.29, 0.717) is 31.4 Å². The third-order valence-corrected chi connectivity index (χ3v) is 9.30. The second-order valence-electron chi connectivity index (χ2n) is 11.7. The second kappa shape index (κ2) is 11.4. The van der Waals surface area contributed by atoms with Gasteiger partial charge in [0.1, 0.15) is 17.6 Å². The molecule has 3 fully saturated rings. The van der Waals surface area contributed by atoms with Gasteiger partial charge in [-0.3, -0.25) is 14.4 Å². The van der Waals surface area contributed by atoms with E-state index in [-0.39, 0.29) is 44.0 Å². The quantitative estimate of drug-likeness (QED) is 0.237. The molecule has 2 bridgehead atoms. The number of ether oxygens (including phenoxy) is 2. The number of fused-ring (bicyclic) bond motifs is 2. The zero-order chi connectivity index (χ0) is 29.4. The third kappa shape index (κ3) is 4.67. The number of anilines is 1. The minimum atomic E-state index is -1.17. The number of unbranched alkanes of at least 4 members (excludes halogenated alkanes) is 1. The number of hydrogen-bond acceptors (Lipinski definition) is 6. The Balaban J connectivity index is 1.57. The lowest BCUT2D eigenvalue weighted by molar-refractivity contribution is -0.161. The van der Waals surface area contributed by atoms with E-state index in [4.69, 9.17) is 9.47 Å². The van der Waals surface area contributed by atoms with Crippen molar-refractivity contribution in [2.45, 2.75) is 56.8 Å². The Morgan fingerprint density at radius 3 is 2.63 bits per heavy atom. The van der Waals surface area contributed by atoms with Gasteiger partial charge in [-0.1, -0.05) is 49.4 Å². The SMILES string of the molecule is C=CCCOC(=O)[C@H]1[C@H]2C(=O)N(CCCCO)C(C(=O)N(CC=C)c3ccc4ccccc4c3)C23CC(C)[C@]1(C)O3. The maximum absolute atomic E-state index is 14.7. The molecule has 1 spiro atoms. The molecule has 5 rings (SSSR count). The molecule has 3 heterocycles. The molecule has 0 saturated carbocycles. The first-order valence-electron chi connectivity index (χ1n) is 14.5. The van der Waals surface area contributed by atoms with Crippen molar-refractivity contribution in [2.75, 3.05) is 31.2 Å². The smallest absolute Gasteiger partial charge is 0.312 e. The van der Waals surface area contributed by atoms with Crippen molar-refractivity contribution in [3.63, 3.8) is 0 Å². The van der Waals surface area contributed by atoms with E-state index in [2.05, 4.69) is 13.2 Å². The summed E-state index contributed by atoms with van der Waals surface area (Å²) in [4.78, 5) is 45.7. The first-order valence-corrected chi connectivity index (χ1v) is 14.5. The van der Waals surface area contributed by atoms with Gasteiger partial charge in [-0.05, 0) is 61.4 Å². The third-order valence-electron chi connectivity index (χ3n) is 9.30. The molecule has 0 aromatic heterocycles. The molecule has 6 atom stereocenters. The minimum Gasteiger partial charge on any atom is -0.465 e. The van der Waals surface area contributed by atoms with E-state index < -0.39 is 35.0 Å². The molecule has 2 aromatic carbocycles. The van der Waals surface area contributed by atoms with Gasteiger partial charge in [0.15, 0.2) is 0 Å². The van der Waals surface area contributed by atoms with E-state index >= 15 is 0 Å². The van der Waals surface area contributed by atoms with Gasteiger partial charge in [-0.15, -0.1) is 13.2 Å². The van der Waals surface area contributed by atoms with Gasteiger partial charge in [0.2, 0.25) is 5.91 Å². The summed E-state index contributed by atoms with van der Waals surface area (Å²) in [5, 5.41) is 11.5. The number of rotatable bonds is 12. The molecule has 8 nitrogen and oxygen atoms in total. The van der Waals surface area contributed by atoms with E-state index in [1.54, 1.807) is 22.0 Å². The summed E-state index contributed by atoms with van der Waals surface area (Å²) in [5.41, 5.74) is -1.41. The number of hydrogen-bond donors (Lipinski definition) is 1. The van der Waals surface area contributed by atoms with Gasteiger partial charge in [0, 0.05) is 25.4 Å². The van der Waals surface area contributed by atoms with Gasteiger partial charge in [0.25, 0.3) is 5.91 Å². The van der Waals surface area contributed by atoms with Gasteiger partial charge >= 0.3 is 5.97 Å². The van der Waals surface area contributed by atoms with Crippen molar-refractivity contribution in [3.05, 3.63) is 67.8 Å². The molecule has 3 aliphatic rings. The topological polar surface area (TPSA) is 96.4 Å². The monoisotopic (exact) mass is 560 g/mol. The van der Waals surface area contributed by atoms with Gasteiger partial charge < -0.3 is 24.4 Å². The van der Waals surface area contributed by atoms with Crippen molar-refractivity contribution >= 4 is 34.2 Å². The Morgan fingerprint density at radius 1 is 1.17 bits per heavy atom. The number of benzene rings is 2. The minimum absolute atomic E-state index is 0.0151. The lowest BCUT2D eigenvalue weighted by atomic mass is 9.62. The maximum Gasteiger partial charge on any atom is 0.312 e. The molecule has 0 aliphatic carbocycles. The van der Waals surface area contributed by atoms with Crippen LogP contribution < -0.4 is 4.90 Å². The maximum atomic E-state index is 14.7. The molecule has 2 aromatic rings. The van der Waals surface area contributed by atoms with E-state index in [1.165, 1.54) is 0 Å². The number of likely N-dealkylation sites (tertiary alicyclic amines) is 1. The van der Waals surface area contributed by atoms with E-state index in [1.807, 2.05) is 56.3 Å². The van der Waals surface area contributed by atoms with Crippen LogP contribution in [0.25, 0.3) is 10.8 Å². The van der Waals surface area contributed by atoms with Gasteiger partial charge in [-0.25, -0.2) is 0 Å². The summed E-state index contributed by atoms with van der Waals surface area (Å²) in [6.07, 6.45) is 5.34. The summed E-state index contributed by atoms with van der Waals surface area (Å²) in [6.45, 7) is 12.2. The number of carbonyl (C=O) groups excluding carboxylic acids is 3. The lowest BCUT2D eigenvalue weighted by Crippen LogP contribution is -2.57. The zero-order valence-electron chi connectivity index (χ0n) is 24.0. The highest BCUT2D eigenvalue weighted by atomic mass is 16.6. The number of nitrogens with zero attached hydrogens (tertiary/aromatic N) is 2. The predicted molar refractivity (Wildman–Crippen MR) is 157 cm³/mol. The zero-order valence-corrected chi connectivity index (χ0v) is 24.0. The molecule has 41 heavy (non-hydrogen) atoms. The molecule has 1 N–H and O–H groups in total. The molecule has 3 unspecified atom stereocenters. The van der Waals surface area contributed by atoms with Crippen LogP contribution in [0.2, 0.25) is 0 Å². The lowest BCUT2D eigenvalue weighted by Gasteiger charge is -2.37. The normalized spacial score (nSPS) is 29.9. The van der Waals surface area contributed by atoms with Crippen LogP contribution in [0.5, 0.6) is 0 Å². The predicted octanol–water partition coefficient (Wildman–Crippen LogP) is 4.26. The van der Waals surface area contributed by atoms with E-state index in [0.717, 1.165) is 10.8 Å². The second-order valence-corrected chi connectivity index (χ2v) is 11.7. The Hall–Kier alpha value is -3.49. The standard InChI is InChI=1S/C33H40N2O6/c1-5-7-19-40-31(39)27-26-29(37)35(17-10-11-18-36)28(33(26)21-22(3)32(27,4)41-33)30(38)34(16-6-2)25-15-14-23-12-8-9-13-24(23)20-25/h5-6,8-9,12-15,20,22,26-28,36H,1-2,7,10-11,16-19,21H2,3-4H3/t22?,26-,27+,28?,32-,33?/m0/s1. The van der Waals surface area contributed by atoms with Crippen LogP contribution in [0.3, 0.4) is 0 Å². The number of carbonyl (C=O) groups is 3. The molecular formula is C33H40N2O6. The Morgan fingerprint density at radius 2 is 1.93 bits per heavy atom. The fourth-order valence-electron chi connectivity index (χ4n) is 7.29. The number of aliphatic hydroxyl groups excluding tert-OH is 1. The largest absolute Gasteiger partial charge is 0.465 e. The van der Waals surface area contributed by atoms with Crippen LogP contribution in [0.1, 0.15) is 39.5 Å². The number of amides is 2. The van der Waals surface area contributed by atoms with Crippen molar-refractivity contribution < 1.29 is 29.0 Å². The van der Waals surface area contributed by atoms with Crippen molar-refractivity contribution in [2.24, 2.45) is 17.8 Å². The highest BCUT2D eigenvalue weighted by molar-refractivity contribution is 6.05. The van der Waals surface area contributed by atoms with Crippen LogP contribution in [0.15, 0.2) is 67.8 Å². The van der Waals surface area contributed by atoms with Crippen LogP contribution >= 0.6 is 0 Å². The Labute approximate surface area is 241 Å². The number of esters is 1. The summed E-state index contributed by atoms with van der Waals surface area (Å²) in [5.74, 6) is -2.73. The van der Waals surface area contributed by atoms with Gasteiger partial charge in [0.05, 0.1) is 18.1 Å². The molecule has 218 valence electrons. The fourth-order valence-corrected chi connectivity index (χ4v) is 7.29. The van der Waals surface area contributed by atoms with Crippen molar-refractivity contribution in [1.29, 1.82) is 0 Å². The fraction of sp³-hybridized carbons (Fsp3) is 0.485. The van der Waals surface area contributed by atoms with Gasteiger partial charge in [-0.2, -0.15) is 0 Å². The van der Waals surface area contributed by atoms with Crippen LogP contribution in [0, 0.1) is 17.8 Å². The van der Waals surface area contributed by atoms with Crippen LogP contribution in [-0.4, -0.2) is 71.3 Å². The van der Waals surface area contributed by atoms with Crippen LogP contribution in [-0.2, 0) is 23.9 Å².